The molecule has 0 amide bonds. The van der Waals surface area contributed by atoms with Gasteiger partial charge in [-0.05, 0) is 0 Å². The number of hydrogen-bond acceptors (Lipinski definition) is 0. The Balaban J connectivity index is -0.0000000360. The first kappa shape index (κ1) is 15.6. The fourth-order valence-corrected chi connectivity index (χ4v) is 0. The van der Waals surface area contributed by atoms with Crippen LogP contribution in [-0.2, 0) is 24.4 Å². The van der Waals surface area contributed by atoms with Crippen LogP contribution in [0.25, 0.3) is 0 Å². The molecule has 0 aliphatic heterocycles. The molecule has 0 aromatic carbocycles. The molecule has 0 aliphatic rings. The third kappa shape index (κ3) is 314. The van der Waals surface area contributed by atoms with Crippen molar-refractivity contribution in [3.05, 3.63) is 13.3 Å². The van der Waals surface area contributed by atoms with Gasteiger partial charge in [0.05, 0.1) is 0 Å². The molecule has 0 fully saturated rings. The third-order valence-corrected chi connectivity index (χ3v) is 0. The van der Waals surface area contributed by atoms with Crippen molar-refractivity contribution in [1.82, 2.24) is 0 Å². The Hall–Kier alpha value is 0.683. The Morgan fingerprint density at radius 1 is 1.00 bits per heavy atom. The van der Waals surface area contributed by atoms with E-state index in [-0.39, 0.29) is 15.1 Å². The summed E-state index contributed by atoms with van der Waals surface area (Å²) in [6, 6.07) is 0. The average molecular weight is 230 g/mol. The molecule has 0 aromatic rings. The third-order valence-electron chi connectivity index (χ3n) is 0. The molecule has 0 bridgehead atoms. The average Bonchev–Trinajstić information content (AvgIpc) is 1.78. The first-order chi connectivity index (χ1) is 3.41. The van der Waals surface area contributed by atoms with Gasteiger partial charge in [0, 0.05) is 0 Å². The summed E-state index contributed by atoms with van der Waals surface area (Å²) in [7, 11) is 9.67. The van der Waals surface area contributed by atoms with Crippen molar-refractivity contribution in [2.24, 2.45) is 0 Å². The van der Waals surface area contributed by atoms with Gasteiger partial charge < -0.3 is 0 Å². The van der Waals surface area contributed by atoms with Crippen molar-refractivity contribution in [3.63, 3.8) is 0 Å². The van der Waals surface area contributed by atoms with Crippen LogP contribution < -0.4 is 0 Å². The molecule has 43 valence electrons. The maximum absolute atomic E-state index is 7.50. The summed E-state index contributed by atoms with van der Waals surface area (Å²) in [5.41, 5.74) is 0. The van der Waals surface area contributed by atoms with E-state index in [9.17, 15) is 0 Å². The first-order valence-corrected chi connectivity index (χ1v) is 4.88. The molecular formula is C2Cl2O2Rh. The van der Waals surface area contributed by atoms with Gasteiger partial charge in [0.25, 0.3) is 0 Å². The molecule has 7 heavy (non-hydrogen) atoms. The zero-order valence-electron chi connectivity index (χ0n) is 2.91. The van der Waals surface area contributed by atoms with Gasteiger partial charge in [0.2, 0.25) is 0 Å². The summed E-state index contributed by atoms with van der Waals surface area (Å²) < 4.78 is 15.0. The Morgan fingerprint density at radius 2 is 1.00 bits per heavy atom. The van der Waals surface area contributed by atoms with Crippen LogP contribution in [0.3, 0.4) is 0 Å². The van der Waals surface area contributed by atoms with Crippen molar-refractivity contribution in [2.75, 3.05) is 0 Å². The summed E-state index contributed by atoms with van der Waals surface area (Å²) >= 11 is -0.226. The van der Waals surface area contributed by atoms with Crippen LogP contribution in [0.2, 0.25) is 0 Å². The second kappa shape index (κ2) is 76.2. The number of rotatable bonds is 0. The molecule has 0 heterocycles. The van der Waals surface area contributed by atoms with Crippen LogP contribution in [0.1, 0.15) is 0 Å². The molecule has 0 atom stereocenters. The van der Waals surface area contributed by atoms with E-state index in [0.717, 1.165) is 0 Å². The van der Waals surface area contributed by atoms with Gasteiger partial charge >= 0.3 is 57.1 Å². The summed E-state index contributed by atoms with van der Waals surface area (Å²) in [6.45, 7) is 9.00. The molecule has 0 aromatic heterocycles. The van der Waals surface area contributed by atoms with Gasteiger partial charge in [-0.15, -0.1) is 0 Å². The molecule has 5 heteroatoms. The Labute approximate surface area is 57.3 Å². The number of hydrogen-bond donors (Lipinski definition) is 0. The van der Waals surface area contributed by atoms with Gasteiger partial charge in [-0.3, -0.25) is 0 Å². The molecule has 0 saturated heterocycles. The molecule has 0 radical (unpaired) electrons. The summed E-state index contributed by atoms with van der Waals surface area (Å²) in [6.07, 6.45) is 0. The quantitative estimate of drug-likeness (QED) is 0.342. The van der Waals surface area contributed by atoms with E-state index in [0.29, 0.717) is 0 Å². The van der Waals surface area contributed by atoms with E-state index in [1.807, 2.05) is 0 Å². The zero-order chi connectivity index (χ0) is 6.71. The van der Waals surface area contributed by atoms with Crippen LogP contribution in [-0.4, -0.2) is 0 Å². The van der Waals surface area contributed by atoms with Crippen LogP contribution in [0.15, 0.2) is 0 Å². The second-order valence-electron chi connectivity index (χ2n) is 0.0476. The monoisotopic (exact) mass is 229 g/mol. The Morgan fingerprint density at radius 3 is 1.00 bits per heavy atom. The van der Waals surface area contributed by atoms with E-state index in [1.165, 1.54) is 0 Å². The van der Waals surface area contributed by atoms with E-state index in [4.69, 9.17) is 28.7 Å². The van der Waals surface area contributed by atoms with Crippen LogP contribution in [0.5, 0.6) is 0 Å². The fourth-order valence-electron chi connectivity index (χ4n) is 0. The predicted octanol–water partition coefficient (Wildman–Crippen LogP) is 1.30. The maximum atomic E-state index is 7.50. The minimum absolute atomic E-state index is 0.226. The molecule has 0 spiro atoms. The van der Waals surface area contributed by atoms with E-state index in [2.05, 4.69) is 13.3 Å². The van der Waals surface area contributed by atoms with E-state index in [1.54, 1.807) is 0 Å². The molecule has 0 aliphatic carbocycles. The van der Waals surface area contributed by atoms with Gasteiger partial charge in [-0.2, -0.15) is 0 Å². The van der Waals surface area contributed by atoms with Crippen molar-refractivity contribution in [3.8, 4) is 0 Å². The van der Waals surface area contributed by atoms with Gasteiger partial charge in [-0.25, -0.2) is 0 Å². The first-order valence-electron chi connectivity index (χ1n) is 0.660. The molecular weight excluding hydrogens is 230 g/mol. The molecule has 0 saturated carbocycles. The van der Waals surface area contributed by atoms with Crippen molar-refractivity contribution in [1.29, 1.82) is 0 Å². The fraction of sp³-hybridized carbons (Fsp3) is 0. The van der Waals surface area contributed by atoms with E-state index < -0.39 is 0 Å². The SMILES string of the molecule is [C-]#[O+].[C-]#[O+].[Cl][Rh][Cl]. The van der Waals surface area contributed by atoms with Gasteiger partial charge in [0.15, 0.2) is 0 Å². The summed E-state index contributed by atoms with van der Waals surface area (Å²) in [5, 5.41) is 0. The Bertz CT molecular complexity index is 37.4. The molecule has 0 N–H and O–H groups in total. The van der Waals surface area contributed by atoms with Crippen molar-refractivity contribution in [2.45, 2.75) is 0 Å². The van der Waals surface area contributed by atoms with Crippen LogP contribution in [0, 0.1) is 13.3 Å². The van der Waals surface area contributed by atoms with Gasteiger partial charge in [0.1, 0.15) is 0 Å². The Kier molecular flexibility index (Phi) is 170. The zero-order valence-corrected chi connectivity index (χ0v) is 6.06. The second-order valence-corrected chi connectivity index (χ2v) is 2.54. The molecule has 0 unspecified atom stereocenters. The molecule has 0 rings (SSSR count). The van der Waals surface area contributed by atoms with Crippen LogP contribution in [0.4, 0.5) is 0 Å². The predicted molar refractivity (Wildman–Crippen MR) is 19.6 cm³/mol. The molecule has 2 nitrogen and oxygen atoms in total. The van der Waals surface area contributed by atoms with Crippen molar-refractivity contribution < 1.29 is 24.4 Å². The van der Waals surface area contributed by atoms with E-state index >= 15 is 0 Å². The summed E-state index contributed by atoms with van der Waals surface area (Å²) in [4.78, 5) is 0. The topological polar surface area (TPSA) is 39.8 Å². The minimum atomic E-state index is -0.226. The van der Waals surface area contributed by atoms with Crippen LogP contribution >= 0.6 is 19.4 Å². The van der Waals surface area contributed by atoms with Crippen molar-refractivity contribution >= 4 is 19.4 Å². The van der Waals surface area contributed by atoms with Gasteiger partial charge in [-0.1, -0.05) is 0 Å². The standard InChI is InChI=1S/2CO.2ClH.Rh/c2*1-2;;;/h;;2*1H;/q;;;;+2/p-2. The number of halogens is 2. The normalized spacial score (nSPS) is 3.71. The summed E-state index contributed by atoms with van der Waals surface area (Å²) in [5.74, 6) is 0.